The fraction of sp³-hybridized carbons (Fsp3) is 0.133. The lowest BCUT2D eigenvalue weighted by Crippen LogP contribution is -2.22. The first-order chi connectivity index (χ1) is 9.20. The highest BCUT2D eigenvalue weighted by molar-refractivity contribution is 5.93. The Hall–Kier alpha value is -2.33. The van der Waals surface area contributed by atoms with E-state index in [1.54, 1.807) is 7.05 Å². The summed E-state index contributed by atoms with van der Waals surface area (Å²) in [5.74, 6) is 0.352. The number of fused-ring (bicyclic) bond motifs is 3. The van der Waals surface area contributed by atoms with Gasteiger partial charge in [0, 0.05) is 12.7 Å². The molecule has 0 spiro atoms. The van der Waals surface area contributed by atoms with Crippen molar-refractivity contribution in [2.75, 3.05) is 12.4 Å². The van der Waals surface area contributed by atoms with Gasteiger partial charge in [-0.15, -0.1) is 0 Å². The molecule has 1 aliphatic carbocycles. The quantitative estimate of drug-likeness (QED) is 0.538. The number of nitrogens with two attached hydrogens (primary N) is 1. The van der Waals surface area contributed by atoms with Crippen molar-refractivity contribution in [2.45, 2.75) is 6.10 Å². The van der Waals surface area contributed by atoms with Crippen molar-refractivity contribution in [3.8, 4) is 11.1 Å². The fourth-order valence-electron chi connectivity index (χ4n) is 2.46. The van der Waals surface area contributed by atoms with E-state index in [0.29, 0.717) is 5.96 Å². The van der Waals surface area contributed by atoms with E-state index in [1.807, 2.05) is 42.5 Å². The van der Waals surface area contributed by atoms with Crippen molar-refractivity contribution in [3.05, 3.63) is 53.6 Å². The summed E-state index contributed by atoms with van der Waals surface area (Å²) < 4.78 is 0. The molecule has 0 aliphatic heterocycles. The van der Waals surface area contributed by atoms with E-state index in [2.05, 4.69) is 10.3 Å². The van der Waals surface area contributed by atoms with E-state index >= 15 is 0 Å². The smallest absolute Gasteiger partial charge is 0.192 e. The largest absolute Gasteiger partial charge is 0.384 e. The molecule has 0 fully saturated rings. The third kappa shape index (κ3) is 1.86. The maximum Gasteiger partial charge on any atom is 0.192 e. The molecule has 0 radical (unpaired) electrons. The third-order valence-electron chi connectivity index (χ3n) is 3.41. The Balaban J connectivity index is 2.05. The first-order valence-corrected chi connectivity index (χ1v) is 6.11. The standard InChI is InChI=1S/C15H15N3O/c1-17-15(16)18-9-6-7-11-10-4-2-3-5-12(10)14(19)13(11)8-9/h2-8,14,19H,1H3,(H3,16,17,18). The number of rotatable bonds is 1. The number of nitrogens with zero attached hydrogens (tertiary/aromatic N) is 1. The van der Waals surface area contributed by atoms with Gasteiger partial charge in [-0.1, -0.05) is 30.3 Å². The summed E-state index contributed by atoms with van der Waals surface area (Å²) in [6.45, 7) is 0. The lowest BCUT2D eigenvalue weighted by Gasteiger charge is -2.09. The average Bonchev–Trinajstić information content (AvgIpc) is 2.73. The van der Waals surface area contributed by atoms with Gasteiger partial charge in [0.05, 0.1) is 0 Å². The summed E-state index contributed by atoms with van der Waals surface area (Å²) in [5, 5.41) is 13.3. The minimum atomic E-state index is -0.576. The zero-order valence-electron chi connectivity index (χ0n) is 10.6. The predicted octanol–water partition coefficient (Wildman–Crippen LogP) is 2.11. The molecule has 0 heterocycles. The number of hydrogen-bond acceptors (Lipinski definition) is 2. The van der Waals surface area contributed by atoms with E-state index in [-0.39, 0.29) is 0 Å². The van der Waals surface area contributed by atoms with E-state index in [9.17, 15) is 5.11 Å². The normalized spacial score (nSPS) is 16.9. The Kier molecular flexibility index (Phi) is 2.72. The van der Waals surface area contributed by atoms with Gasteiger partial charge in [0.15, 0.2) is 5.96 Å². The van der Waals surface area contributed by atoms with Crippen molar-refractivity contribution in [1.82, 2.24) is 0 Å². The van der Waals surface area contributed by atoms with Crippen molar-refractivity contribution < 1.29 is 5.11 Å². The van der Waals surface area contributed by atoms with Crippen LogP contribution in [0.1, 0.15) is 17.2 Å². The maximum absolute atomic E-state index is 10.4. The Labute approximate surface area is 111 Å². The van der Waals surface area contributed by atoms with Crippen LogP contribution in [-0.4, -0.2) is 18.1 Å². The molecule has 4 heteroatoms. The van der Waals surface area contributed by atoms with E-state index in [4.69, 9.17) is 5.73 Å². The minimum absolute atomic E-state index is 0.352. The predicted molar refractivity (Wildman–Crippen MR) is 77.1 cm³/mol. The lowest BCUT2D eigenvalue weighted by molar-refractivity contribution is 0.225. The summed E-state index contributed by atoms with van der Waals surface area (Å²) >= 11 is 0. The SMILES string of the molecule is CN=C(N)Nc1ccc2c(c1)C(O)c1ccccc1-2. The second-order valence-corrected chi connectivity index (χ2v) is 4.53. The molecule has 0 saturated heterocycles. The van der Waals surface area contributed by atoms with Crippen LogP contribution in [0.3, 0.4) is 0 Å². The van der Waals surface area contributed by atoms with Crippen molar-refractivity contribution in [2.24, 2.45) is 10.7 Å². The molecule has 19 heavy (non-hydrogen) atoms. The number of aliphatic imine (C=N–C) groups is 1. The zero-order chi connectivity index (χ0) is 13.4. The Morgan fingerprint density at radius 3 is 2.68 bits per heavy atom. The van der Waals surface area contributed by atoms with Gasteiger partial charge in [-0.25, -0.2) is 0 Å². The second-order valence-electron chi connectivity index (χ2n) is 4.53. The highest BCUT2D eigenvalue weighted by atomic mass is 16.3. The van der Waals surface area contributed by atoms with Gasteiger partial charge >= 0.3 is 0 Å². The number of benzene rings is 2. The molecule has 4 N–H and O–H groups in total. The molecule has 4 nitrogen and oxygen atoms in total. The zero-order valence-corrected chi connectivity index (χ0v) is 10.6. The Morgan fingerprint density at radius 2 is 1.89 bits per heavy atom. The van der Waals surface area contributed by atoms with Crippen LogP contribution in [-0.2, 0) is 0 Å². The van der Waals surface area contributed by atoms with E-state index in [0.717, 1.165) is 27.9 Å². The maximum atomic E-state index is 10.4. The first-order valence-electron chi connectivity index (χ1n) is 6.11. The number of hydrogen-bond donors (Lipinski definition) is 3. The highest BCUT2D eigenvalue weighted by Crippen LogP contribution is 2.43. The fourth-order valence-corrected chi connectivity index (χ4v) is 2.46. The summed E-state index contributed by atoms with van der Waals surface area (Å²) in [6, 6.07) is 13.7. The van der Waals surface area contributed by atoms with Gasteiger partial charge < -0.3 is 16.2 Å². The molecule has 96 valence electrons. The van der Waals surface area contributed by atoms with Gasteiger partial charge in [-0.05, 0) is 34.4 Å². The van der Waals surface area contributed by atoms with Crippen LogP contribution in [0, 0.1) is 0 Å². The molecule has 2 aromatic carbocycles. The van der Waals surface area contributed by atoms with Gasteiger partial charge in [0.2, 0.25) is 0 Å². The molecule has 0 amide bonds. The number of anilines is 1. The molecule has 0 aromatic heterocycles. The molecule has 0 saturated carbocycles. The molecule has 0 bridgehead atoms. The number of aliphatic hydroxyl groups is 1. The van der Waals surface area contributed by atoms with Crippen LogP contribution in [0.15, 0.2) is 47.5 Å². The molecular weight excluding hydrogens is 238 g/mol. The third-order valence-corrected chi connectivity index (χ3v) is 3.41. The van der Waals surface area contributed by atoms with Crippen molar-refractivity contribution in [1.29, 1.82) is 0 Å². The molecular formula is C15H15N3O. The van der Waals surface area contributed by atoms with Gasteiger partial charge in [-0.3, -0.25) is 4.99 Å². The molecule has 1 unspecified atom stereocenters. The van der Waals surface area contributed by atoms with Gasteiger partial charge in [-0.2, -0.15) is 0 Å². The molecule has 1 atom stereocenters. The van der Waals surface area contributed by atoms with Crippen LogP contribution < -0.4 is 11.1 Å². The van der Waals surface area contributed by atoms with Gasteiger partial charge in [0.25, 0.3) is 0 Å². The average molecular weight is 253 g/mol. The van der Waals surface area contributed by atoms with Crippen LogP contribution in [0.4, 0.5) is 5.69 Å². The number of aliphatic hydroxyl groups excluding tert-OH is 1. The number of nitrogens with one attached hydrogen (secondary N) is 1. The minimum Gasteiger partial charge on any atom is -0.384 e. The number of guanidine groups is 1. The van der Waals surface area contributed by atoms with Crippen LogP contribution in [0.25, 0.3) is 11.1 Å². The Morgan fingerprint density at radius 1 is 1.16 bits per heavy atom. The first kappa shape index (κ1) is 11.7. The second kappa shape index (κ2) is 4.40. The van der Waals surface area contributed by atoms with Crippen LogP contribution in [0.5, 0.6) is 0 Å². The summed E-state index contributed by atoms with van der Waals surface area (Å²) in [6.07, 6.45) is -0.576. The topological polar surface area (TPSA) is 70.6 Å². The summed E-state index contributed by atoms with van der Waals surface area (Å²) in [5.41, 5.74) is 10.5. The van der Waals surface area contributed by atoms with Gasteiger partial charge in [0.1, 0.15) is 6.10 Å². The van der Waals surface area contributed by atoms with E-state index in [1.165, 1.54) is 0 Å². The van der Waals surface area contributed by atoms with Crippen LogP contribution in [0.2, 0.25) is 0 Å². The summed E-state index contributed by atoms with van der Waals surface area (Å²) in [4.78, 5) is 3.86. The Bertz CT molecular complexity index is 664. The van der Waals surface area contributed by atoms with Crippen molar-refractivity contribution in [3.63, 3.8) is 0 Å². The molecule has 3 rings (SSSR count). The van der Waals surface area contributed by atoms with E-state index < -0.39 is 6.10 Å². The monoisotopic (exact) mass is 253 g/mol. The van der Waals surface area contributed by atoms with Crippen molar-refractivity contribution >= 4 is 11.6 Å². The van der Waals surface area contributed by atoms with Crippen LogP contribution >= 0.6 is 0 Å². The molecule has 1 aliphatic rings. The highest BCUT2D eigenvalue weighted by Gasteiger charge is 2.26. The summed E-state index contributed by atoms with van der Waals surface area (Å²) in [7, 11) is 1.63. The lowest BCUT2D eigenvalue weighted by atomic mass is 10.1. The molecule has 2 aromatic rings.